The van der Waals surface area contributed by atoms with E-state index in [2.05, 4.69) is 16.7 Å². The molecule has 0 saturated carbocycles. The average Bonchev–Trinajstić information content (AvgIpc) is 2.94. The molecule has 1 aliphatic heterocycles. The maximum Gasteiger partial charge on any atom is 0.248 e. The smallest absolute Gasteiger partial charge is 0.248 e. The molecule has 1 unspecified atom stereocenters. The number of hydrogen-bond acceptors (Lipinski definition) is 5. The number of carbonyl (C=O) groups excluding carboxylic acids is 1. The molecule has 1 heterocycles. The molecule has 6 nitrogen and oxygen atoms in total. The van der Waals surface area contributed by atoms with E-state index >= 15 is 0 Å². The van der Waals surface area contributed by atoms with E-state index in [1.54, 1.807) is 36.4 Å². The molecule has 0 radical (unpaired) electrons. The second kappa shape index (κ2) is 16.7. The molecule has 0 aromatic heterocycles. The van der Waals surface area contributed by atoms with Gasteiger partial charge in [-0.15, -0.1) is 0 Å². The highest BCUT2D eigenvalue weighted by molar-refractivity contribution is 6.33. The number of amides is 1. The molecule has 3 aromatic rings. The van der Waals surface area contributed by atoms with Crippen LogP contribution in [0.4, 0.5) is 10.1 Å². The van der Waals surface area contributed by atoms with Crippen LogP contribution in [0, 0.1) is 5.82 Å². The number of piperazine rings is 1. The van der Waals surface area contributed by atoms with Gasteiger partial charge < -0.3 is 20.5 Å². The van der Waals surface area contributed by atoms with Gasteiger partial charge in [-0.2, -0.15) is 0 Å². The highest BCUT2D eigenvalue weighted by atomic mass is 35.5. The van der Waals surface area contributed by atoms with Crippen LogP contribution in [0.15, 0.2) is 72.8 Å². The number of ether oxygens (including phenoxy) is 1. The first-order chi connectivity index (χ1) is 18.4. The van der Waals surface area contributed by atoms with E-state index < -0.39 is 5.91 Å². The maximum absolute atomic E-state index is 11.9. The number of benzene rings is 3. The van der Waals surface area contributed by atoms with Crippen LogP contribution >= 0.6 is 11.6 Å². The third-order valence-corrected chi connectivity index (χ3v) is 6.32. The zero-order valence-electron chi connectivity index (χ0n) is 22.4. The van der Waals surface area contributed by atoms with Crippen molar-refractivity contribution in [2.24, 2.45) is 5.73 Å². The number of halogens is 2. The molecule has 0 bridgehead atoms. The normalized spacial score (nSPS) is 13.9. The van der Waals surface area contributed by atoms with Gasteiger partial charge in [0.15, 0.2) is 0 Å². The lowest BCUT2D eigenvalue weighted by Gasteiger charge is -2.37. The lowest BCUT2D eigenvalue weighted by atomic mass is 9.99. The Kier molecular flexibility index (Phi) is 13.6. The predicted molar refractivity (Wildman–Crippen MR) is 154 cm³/mol. The van der Waals surface area contributed by atoms with Crippen LogP contribution in [0.5, 0.6) is 5.75 Å². The summed E-state index contributed by atoms with van der Waals surface area (Å²) in [5.41, 5.74) is 8.07. The van der Waals surface area contributed by atoms with Crippen LogP contribution in [0.3, 0.4) is 0 Å². The Bertz CT molecular complexity index is 1090. The van der Waals surface area contributed by atoms with Gasteiger partial charge in [-0.3, -0.25) is 9.69 Å². The summed E-state index contributed by atoms with van der Waals surface area (Å²) in [4.78, 5) is 16.0. The summed E-state index contributed by atoms with van der Waals surface area (Å²) in [6.07, 6.45) is 0. The largest absolute Gasteiger partial charge is 0.491 e. The average molecular weight is 544 g/mol. The molecule has 8 heteroatoms. The summed E-state index contributed by atoms with van der Waals surface area (Å²) in [6, 6.07) is 21.2. The molecule has 1 amide bonds. The van der Waals surface area contributed by atoms with Gasteiger partial charge in [0, 0.05) is 44.4 Å². The van der Waals surface area contributed by atoms with Gasteiger partial charge in [-0.25, -0.2) is 4.39 Å². The van der Waals surface area contributed by atoms with Crippen LogP contribution < -0.4 is 15.4 Å². The summed E-state index contributed by atoms with van der Waals surface area (Å²) in [6.45, 7) is 11.1. The Morgan fingerprint density at radius 3 is 2.16 bits per heavy atom. The molecule has 206 valence electrons. The molecule has 0 spiro atoms. The Hall–Kier alpha value is -3.13. The van der Waals surface area contributed by atoms with Crippen molar-refractivity contribution in [1.82, 2.24) is 4.90 Å². The first-order valence-electron chi connectivity index (χ1n) is 13.0. The van der Waals surface area contributed by atoms with Gasteiger partial charge >= 0.3 is 0 Å². The molecule has 3 aromatic carbocycles. The number of nitrogens with two attached hydrogens (primary N) is 1. The second-order valence-corrected chi connectivity index (χ2v) is 9.06. The Morgan fingerprint density at radius 2 is 1.66 bits per heavy atom. The number of aliphatic hydroxyl groups excluding tert-OH is 1. The van der Waals surface area contributed by atoms with E-state index in [1.807, 2.05) is 38.1 Å². The van der Waals surface area contributed by atoms with Crippen molar-refractivity contribution in [1.29, 1.82) is 0 Å². The Labute approximate surface area is 230 Å². The molecule has 3 N–H and O–H groups in total. The maximum atomic E-state index is 11.9. The number of nitrogens with zero attached hydrogens (tertiary/aromatic N) is 2. The molecule has 38 heavy (non-hydrogen) atoms. The third kappa shape index (κ3) is 9.97. The molecule has 4 rings (SSSR count). The van der Waals surface area contributed by atoms with Crippen molar-refractivity contribution in [3.63, 3.8) is 0 Å². The monoisotopic (exact) mass is 543 g/mol. The number of rotatable bonds is 8. The summed E-state index contributed by atoms with van der Waals surface area (Å²) in [7, 11) is 0. The fourth-order valence-corrected chi connectivity index (χ4v) is 4.34. The fraction of sp³-hybridized carbons (Fsp3) is 0.367. The molecular formula is C30H39ClFN3O3. The van der Waals surface area contributed by atoms with Crippen molar-refractivity contribution >= 4 is 23.2 Å². The van der Waals surface area contributed by atoms with E-state index in [-0.39, 0.29) is 19.0 Å². The minimum absolute atomic E-state index is 0.0188. The third-order valence-electron chi connectivity index (χ3n) is 6.02. The number of primary amides is 1. The first-order valence-corrected chi connectivity index (χ1v) is 13.4. The van der Waals surface area contributed by atoms with E-state index in [9.17, 15) is 9.18 Å². The van der Waals surface area contributed by atoms with Gasteiger partial charge in [0.2, 0.25) is 5.91 Å². The van der Waals surface area contributed by atoms with Crippen LogP contribution in [-0.4, -0.2) is 61.9 Å². The number of hydrogen-bond donors (Lipinski definition) is 2. The lowest BCUT2D eigenvalue weighted by Crippen LogP contribution is -2.47. The standard InChI is InChI=1S/C22H28ClN3O3.C6H5F.C2H6/c1-16(17-2-4-18(5-3-17)22(24)28)15-25-8-10-26(11-9-25)21-7-6-19(14-20(21)23)29-13-12-27;7-6-4-2-1-3-5-6;1-2/h2-7,14,16,27H,8-13,15H2,1H3,(H2,24,28);1-5H;1-2H3. The highest BCUT2D eigenvalue weighted by Crippen LogP contribution is 2.31. The van der Waals surface area contributed by atoms with Crippen molar-refractivity contribution in [3.8, 4) is 5.75 Å². The zero-order chi connectivity index (χ0) is 27.9. The lowest BCUT2D eigenvalue weighted by molar-refractivity contribution is 0.1000. The topological polar surface area (TPSA) is 79.0 Å². The summed E-state index contributed by atoms with van der Waals surface area (Å²) in [5, 5.41) is 9.52. The molecule has 1 saturated heterocycles. The van der Waals surface area contributed by atoms with Crippen molar-refractivity contribution in [2.45, 2.75) is 26.7 Å². The fourth-order valence-electron chi connectivity index (χ4n) is 4.05. The number of anilines is 1. The number of carbonyl (C=O) groups is 1. The van der Waals surface area contributed by atoms with Crippen molar-refractivity contribution < 1.29 is 19.0 Å². The second-order valence-electron chi connectivity index (χ2n) is 8.66. The summed E-state index contributed by atoms with van der Waals surface area (Å²) < 4.78 is 17.3. The van der Waals surface area contributed by atoms with E-state index in [0.717, 1.165) is 38.4 Å². The molecule has 1 fully saturated rings. The van der Waals surface area contributed by atoms with Crippen molar-refractivity contribution in [2.75, 3.05) is 50.8 Å². The zero-order valence-corrected chi connectivity index (χ0v) is 23.2. The van der Waals surface area contributed by atoms with Crippen LogP contribution in [0.1, 0.15) is 42.6 Å². The molecule has 1 atom stereocenters. The van der Waals surface area contributed by atoms with Crippen LogP contribution in [-0.2, 0) is 0 Å². The minimum atomic E-state index is -0.396. The molecule has 1 aliphatic rings. The number of aliphatic hydroxyl groups is 1. The molecular weight excluding hydrogens is 505 g/mol. The summed E-state index contributed by atoms with van der Waals surface area (Å²) >= 11 is 6.45. The summed E-state index contributed by atoms with van der Waals surface area (Å²) in [5.74, 6) is 0.465. The SMILES string of the molecule is CC.CC(CN1CCN(c2ccc(OCCO)cc2Cl)CC1)c1ccc(C(N)=O)cc1.Fc1ccccc1. The van der Waals surface area contributed by atoms with Crippen LogP contribution in [0.25, 0.3) is 0 Å². The van der Waals surface area contributed by atoms with Gasteiger partial charge in [-0.1, -0.05) is 62.7 Å². The van der Waals surface area contributed by atoms with Gasteiger partial charge in [-0.05, 0) is 47.9 Å². The minimum Gasteiger partial charge on any atom is -0.491 e. The predicted octanol–water partition coefficient (Wildman–Crippen LogP) is 5.59. The Morgan fingerprint density at radius 1 is 1.03 bits per heavy atom. The van der Waals surface area contributed by atoms with E-state index in [0.29, 0.717) is 22.3 Å². The van der Waals surface area contributed by atoms with Crippen molar-refractivity contribution in [3.05, 3.63) is 94.8 Å². The van der Waals surface area contributed by atoms with Crippen LogP contribution in [0.2, 0.25) is 5.02 Å². The van der Waals surface area contributed by atoms with Gasteiger partial charge in [0.05, 0.1) is 17.3 Å². The Balaban J connectivity index is 0.000000481. The quantitative estimate of drug-likeness (QED) is 0.387. The highest BCUT2D eigenvalue weighted by Gasteiger charge is 2.21. The molecule has 0 aliphatic carbocycles. The van der Waals surface area contributed by atoms with E-state index in [1.165, 1.54) is 17.7 Å². The first kappa shape index (κ1) is 31.1. The van der Waals surface area contributed by atoms with Gasteiger partial charge in [0.25, 0.3) is 0 Å². The van der Waals surface area contributed by atoms with Gasteiger partial charge in [0.1, 0.15) is 18.2 Å². The van der Waals surface area contributed by atoms with E-state index in [4.69, 9.17) is 27.2 Å².